The molecule has 0 amide bonds. The standard InChI is InChI=1S/C17H22F3NO4S/c1-16(2,3)25-15(22)12-5-4-10-21(11-12)26(23,24)14-8-6-13(7-9-14)17(18,19)20/h6-9,12H,4-5,10-11H2,1-3H3. The van der Waals surface area contributed by atoms with Gasteiger partial charge in [-0.1, -0.05) is 0 Å². The third-order valence-electron chi connectivity index (χ3n) is 3.94. The molecule has 0 aromatic heterocycles. The molecule has 1 aromatic carbocycles. The van der Waals surface area contributed by atoms with E-state index in [-0.39, 0.29) is 18.0 Å². The third-order valence-corrected chi connectivity index (χ3v) is 5.82. The lowest BCUT2D eigenvalue weighted by molar-refractivity contribution is -0.161. The number of hydrogen-bond donors (Lipinski definition) is 0. The van der Waals surface area contributed by atoms with Gasteiger partial charge in [0.25, 0.3) is 0 Å². The zero-order valence-corrected chi connectivity index (χ0v) is 15.7. The van der Waals surface area contributed by atoms with E-state index in [1.54, 1.807) is 20.8 Å². The molecule has 1 atom stereocenters. The fourth-order valence-electron chi connectivity index (χ4n) is 2.70. The highest BCUT2D eigenvalue weighted by Crippen LogP contribution is 2.31. The molecule has 0 radical (unpaired) electrons. The summed E-state index contributed by atoms with van der Waals surface area (Å²) in [7, 11) is -3.98. The molecule has 1 aliphatic heterocycles. The van der Waals surface area contributed by atoms with Crippen LogP contribution in [0.2, 0.25) is 0 Å². The minimum absolute atomic E-state index is 0.0434. The fourth-order valence-corrected chi connectivity index (χ4v) is 4.23. The lowest BCUT2D eigenvalue weighted by atomic mass is 9.99. The quantitative estimate of drug-likeness (QED) is 0.738. The van der Waals surface area contributed by atoms with Crippen molar-refractivity contribution in [2.24, 2.45) is 5.92 Å². The van der Waals surface area contributed by atoms with E-state index < -0.39 is 39.3 Å². The Morgan fingerprint density at radius 3 is 2.23 bits per heavy atom. The minimum Gasteiger partial charge on any atom is -0.460 e. The molecule has 0 aliphatic carbocycles. The first kappa shape index (κ1) is 20.7. The van der Waals surface area contributed by atoms with Crippen molar-refractivity contribution in [3.8, 4) is 0 Å². The van der Waals surface area contributed by atoms with Crippen LogP contribution in [0.3, 0.4) is 0 Å². The number of sulfonamides is 1. The van der Waals surface area contributed by atoms with E-state index in [1.807, 2.05) is 0 Å². The number of hydrogen-bond acceptors (Lipinski definition) is 4. The van der Waals surface area contributed by atoms with E-state index in [9.17, 15) is 26.4 Å². The maximum absolute atomic E-state index is 12.7. The van der Waals surface area contributed by atoms with Crippen molar-refractivity contribution in [1.82, 2.24) is 4.31 Å². The van der Waals surface area contributed by atoms with Crippen molar-refractivity contribution >= 4 is 16.0 Å². The number of carbonyl (C=O) groups excluding carboxylic acids is 1. The number of benzene rings is 1. The summed E-state index contributed by atoms with van der Waals surface area (Å²) in [5, 5.41) is 0. The van der Waals surface area contributed by atoms with Crippen LogP contribution in [0.5, 0.6) is 0 Å². The van der Waals surface area contributed by atoms with Crippen molar-refractivity contribution in [1.29, 1.82) is 0 Å². The van der Waals surface area contributed by atoms with Crippen LogP contribution in [0.1, 0.15) is 39.2 Å². The first-order valence-electron chi connectivity index (χ1n) is 8.21. The molecule has 9 heteroatoms. The summed E-state index contributed by atoms with van der Waals surface area (Å²) in [6.07, 6.45) is -3.55. The van der Waals surface area contributed by atoms with Gasteiger partial charge in [0.05, 0.1) is 16.4 Å². The monoisotopic (exact) mass is 393 g/mol. The van der Waals surface area contributed by atoms with Gasteiger partial charge in [-0.2, -0.15) is 17.5 Å². The Hall–Kier alpha value is -1.61. The lowest BCUT2D eigenvalue weighted by Crippen LogP contribution is -2.43. The average molecular weight is 393 g/mol. The highest BCUT2D eigenvalue weighted by molar-refractivity contribution is 7.89. The molecule has 146 valence electrons. The van der Waals surface area contributed by atoms with Crippen molar-refractivity contribution in [3.05, 3.63) is 29.8 Å². The predicted octanol–water partition coefficient (Wildman–Crippen LogP) is 3.45. The van der Waals surface area contributed by atoms with Crippen molar-refractivity contribution < 1.29 is 31.1 Å². The molecule has 1 saturated heterocycles. The number of rotatable bonds is 3. The third kappa shape index (κ3) is 4.97. The van der Waals surface area contributed by atoms with Gasteiger partial charge in [-0.3, -0.25) is 4.79 Å². The number of piperidine rings is 1. The number of carbonyl (C=O) groups is 1. The summed E-state index contributed by atoms with van der Waals surface area (Å²) in [4.78, 5) is 12.0. The topological polar surface area (TPSA) is 63.7 Å². The predicted molar refractivity (Wildman–Crippen MR) is 88.8 cm³/mol. The SMILES string of the molecule is CC(C)(C)OC(=O)C1CCCN(S(=O)(=O)c2ccc(C(F)(F)F)cc2)C1. The first-order chi connectivity index (χ1) is 11.8. The molecule has 5 nitrogen and oxygen atoms in total. The lowest BCUT2D eigenvalue weighted by Gasteiger charge is -2.32. The number of ether oxygens (including phenoxy) is 1. The summed E-state index contributed by atoms with van der Waals surface area (Å²) < 4.78 is 69.7. The van der Waals surface area contributed by atoms with E-state index in [2.05, 4.69) is 0 Å². The van der Waals surface area contributed by atoms with Gasteiger partial charge in [0.2, 0.25) is 10.0 Å². The van der Waals surface area contributed by atoms with E-state index in [4.69, 9.17) is 4.74 Å². The highest BCUT2D eigenvalue weighted by Gasteiger charge is 2.36. The second-order valence-corrected chi connectivity index (χ2v) is 9.20. The number of nitrogens with zero attached hydrogens (tertiary/aromatic N) is 1. The van der Waals surface area contributed by atoms with E-state index in [1.165, 1.54) is 0 Å². The summed E-state index contributed by atoms with van der Waals surface area (Å²) in [6.45, 7) is 5.35. The molecular formula is C17H22F3NO4S. The molecule has 1 heterocycles. The van der Waals surface area contributed by atoms with Gasteiger partial charge in [0.1, 0.15) is 5.60 Å². The molecule has 1 unspecified atom stereocenters. The zero-order valence-electron chi connectivity index (χ0n) is 14.8. The molecule has 2 rings (SSSR count). The Kier molecular flexibility index (Phi) is 5.72. The normalized spacial score (nSPS) is 20.0. The summed E-state index contributed by atoms with van der Waals surface area (Å²) in [5.41, 5.74) is -1.59. The first-order valence-corrected chi connectivity index (χ1v) is 9.65. The maximum atomic E-state index is 12.7. The Morgan fingerprint density at radius 2 is 1.73 bits per heavy atom. The van der Waals surface area contributed by atoms with Gasteiger partial charge in [0, 0.05) is 13.1 Å². The van der Waals surface area contributed by atoms with Crippen LogP contribution in [-0.4, -0.2) is 37.4 Å². The molecule has 1 aromatic rings. The van der Waals surface area contributed by atoms with Gasteiger partial charge in [-0.15, -0.1) is 0 Å². The van der Waals surface area contributed by atoms with Gasteiger partial charge < -0.3 is 4.74 Å². The maximum Gasteiger partial charge on any atom is 0.416 e. The van der Waals surface area contributed by atoms with Crippen molar-refractivity contribution in [2.75, 3.05) is 13.1 Å². The zero-order chi connectivity index (χ0) is 19.8. The van der Waals surface area contributed by atoms with Crippen LogP contribution in [-0.2, 0) is 25.7 Å². The number of alkyl halides is 3. The Labute approximate surface area is 151 Å². The second kappa shape index (κ2) is 7.19. The molecule has 1 fully saturated rings. The molecule has 0 spiro atoms. The van der Waals surface area contributed by atoms with E-state index in [0.717, 1.165) is 28.6 Å². The van der Waals surface area contributed by atoms with Crippen LogP contribution in [0.4, 0.5) is 13.2 Å². The van der Waals surface area contributed by atoms with Gasteiger partial charge in [-0.05, 0) is 57.9 Å². The fraction of sp³-hybridized carbons (Fsp3) is 0.588. The Balaban J connectivity index is 2.17. The Bertz CT molecular complexity index is 752. The smallest absolute Gasteiger partial charge is 0.416 e. The van der Waals surface area contributed by atoms with Gasteiger partial charge in [0.15, 0.2) is 0 Å². The van der Waals surface area contributed by atoms with Crippen LogP contribution in [0.15, 0.2) is 29.2 Å². The van der Waals surface area contributed by atoms with Gasteiger partial charge >= 0.3 is 12.1 Å². The second-order valence-electron chi connectivity index (χ2n) is 7.26. The molecule has 26 heavy (non-hydrogen) atoms. The molecule has 0 N–H and O–H groups in total. The van der Waals surface area contributed by atoms with Crippen LogP contribution >= 0.6 is 0 Å². The van der Waals surface area contributed by atoms with E-state index >= 15 is 0 Å². The van der Waals surface area contributed by atoms with Crippen molar-refractivity contribution in [2.45, 2.75) is 50.3 Å². The summed E-state index contributed by atoms with van der Waals surface area (Å²) >= 11 is 0. The largest absolute Gasteiger partial charge is 0.460 e. The van der Waals surface area contributed by atoms with Crippen LogP contribution in [0.25, 0.3) is 0 Å². The summed E-state index contributed by atoms with van der Waals surface area (Å²) in [5.74, 6) is -1.06. The van der Waals surface area contributed by atoms with Crippen molar-refractivity contribution in [3.63, 3.8) is 0 Å². The number of halogens is 3. The molecular weight excluding hydrogens is 371 g/mol. The minimum atomic E-state index is -4.53. The highest BCUT2D eigenvalue weighted by atomic mass is 32.2. The summed E-state index contributed by atoms with van der Waals surface area (Å²) in [6, 6.07) is 3.36. The van der Waals surface area contributed by atoms with Crippen LogP contribution in [0, 0.1) is 5.92 Å². The van der Waals surface area contributed by atoms with Gasteiger partial charge in [-0.25, -0.2) is 8.42 Å². The Morgan fingerprint density at radius 1 is 1.15 bits per heavy atom. The molecule has 0 bridgehead atoms. The average Bonchev–Trinajstić information content (AvgIpc) is 2.52. The van der Waals surface area contributed by atoms with Crippen LogP contribution < -0.4 is 0 Å². The number of esters is 1. The van der Waals surface area contributed by atoms with E-state index in [0.29, 0.717) is 12.8 Å². The molecule has 0 saturated carbocycles. The molecule has 1 aliphatic rings.